The van der Waals surface area contributed by atoms with Gasteiger partial charge in [0.25, 0.3) is 5.69 Å². The van der Waals surface area contributed by atoms with Crippen molar-refractivity contribution < 1.29 is 4.92 Å². The van der Waals surface area contributed by atoms with Crippen molar-refractivity contribution in [3.05, 3.63) is 73.2 Å². The summed E-state index contributed by atoms with van der Waals surface area (Å²) in [5.74, 6) is 0. The van der Waals surface area contributed by atoms with Gasteiger partial charge in [-0.2, -0.15) is 0 Å². The zero-order valence-corrected chi connectivity index (χ0v) is 13.6. The van der Waals surface area contributed by atoms with E-state index in [2.05, 4.69) is 40.3 Å². The van der Waals surface area contributed by atoms with Gasteiger partial charge in [-0.1, -0.05) is 40.2 Å². The van der Waals surface area contributed by atoms with E-state index in [4.69, 9.17) is 0 Å². The van der Waals surface area contributed by atoms with Gasteiger partial charge in [0.2, 0.25) is 0 Å². The Balaban J connectivity index is 2.02. The van der Waals surface area contributed by atoms with E-state index in [0.29, 0.717) is 6.54 Å². The summed E-state index contributed by atoms with van der Waals surface area (Å²) in [4.78, 5) is 10.6. The highest BCUT2D eigenvalue weighted by molar-refractivity contribution is 9.10. The highest BCUT2D eigenvalue weighted by Crippen LogP contribution is 2.21. The maximum atomic E-state index is 10.9. The summed E-state index contributed by atoms with van der Waals surface area (Å²) < 4.78 is 1.10. The van der Waals surface area contributed by atoms with Crippen LogP contribution < -0.4 is 5.32 Å². The van der Waals surface area contributed by atoms with Gasteiger partial charge in [0, 0.05) is 29.2 Å². The average Bonchev–Trinajstić information content (AvgIpc) is 2.44. The quantitative estimate of drug-likeness (QED) is 0.648. The monoisotopic (exact) mass is 348 g/mol. The Morgan fingerprint density at radius 1 is 1.19 bits per heavy atom. The van der Waals surface area contributed by atoms with Crippen molar-refractivity contribution in [3.8, 4) is 0 Å². The van der Waals surface area contributed by atoms with Crippen molar-refractivity contribution in [2.24, 2.45) is 0 Å². The smallest absolute Gasteiger partial charge is 0.272 e. The topological polar surface area (TPSA) is 55.2 Å². The minimum atomic E-state index is -0.336. The maximum absolute atomic E-state index is 10.9. The Bertz CT molecular complexity index is 671. The van der Waals surface area contributed by atoms with Crippen molar-refractivity contribution in [3.63, 3.8) is 0 Å². The van der Waals surface area contributed by atoms with Crippen LogP contribution in [0.4, 0.5) is 5.69 Å². The number of nitrogens with zero attached hydrogens (tertiary/aromatic N) is 1. The highest BCUT2D eigenvalue weighted by atomic mass is 79.9. The molecule has 0 radical (unpaired) electrons. The van der Waals surface area contributed by atoms with Gasteiger partial charge in [-0.05, 0) is 36.6 Å². The van der Waals surface area contributed by atoms with Gasteiger partial charge in [0.15, 0.2) is 0 Å². The molecule has 21 heavy (non-hydrogen) atoms. The second kappa shape index (κ2) is 6.83. The van der Waals surface area contributed by atoms with Crippen LogP contribution in [0, 0.1) is 24.0 Å². The number of rotatable bonds is 5. The molecule has 0 aliphatic carbocycles. The highest BCUT2D eigenvalue weighted by Gasteiger charge is 2.12. The molecule has 5 heteroatoms. The Morgan fingerprint density at radius 3 is 2.62 bits per heavy atom. The van der Waals surface area contributed by atoms with Gasteiger partial charge >= 0.3 is 0 Å². The molecule has 110 valence electrons. The molecule has 0 atom stereocenters. The number of hydrogen-bond donors (Lipinski definition) is 1. The lowest BCUT2D eigenvalue weighted by Gasteiger charge is -2.09. The minimum Gasteiger partial charge on any atom is -0.309 e. The fourth-order valence-electron chi connectivity index (χ4n) is 2.22. The first-order valence-corrected chi connectivity index (χ1v) is 7.47. The number of halogens is 1. The minimum absolute atomic E-state index is 0.175. The predicted molar refractivity (Wildman–Crippen MR) is 87.3 cm³/mol. The van der Waals surface area contributed by atoms with Crippen molar-refractivity contribution in [1.29, 1.82) is 0 Å². The lowest BCUT2D eigenvalue weighted by atomic mass is 10.1. The van der Waals surface area contributed by atoms with Crippen LogP contribution in [0.25, 0.3) is 0 Å². The molecular weight excluding hydrogens is 332 g/mol. The third-order valence-corrected chi connectivity index (χ3v) is 4.37. The summed E-state index contributed by atoms with van der Waals surface area (Å²) >= 11 is 3.48. The predicted octanol–water partition coefficient (Wildman–Crippen LogP) is 4.26. The summed E-state index contributed by atoms with van der Waals surface area (Å²) in [7, 11) is 0. The molecule has 0 amide bonds. The second-order valence-corrected chi connectivity index (χ2v) is 5.86. The number of benzene rings is 2. The molecule has 1 N–H and O–H groups in total. The fourth-order valence-corrected chi connectivity index (χ4v) is 2.46. The molecule has 0 spiro atoms. The maximum Gasteiger partial charge on any atom is 0.272 e. The third kappa shape index (κ3) is 3.89. The van der Waals surface area contributed by atoms with Crippen LogP contribution in [0.2, 0.25) is 0 Å². The normalized spacial score (nSPS) is 10.6. The molecule has 0 fully saturated rings. The lowest BCUT2D eigenvalue weighted by molar-refractivity contribution is -0.385. The molecule has 0 bridgehead atoms. The molecule has 0 aromatic heterocycles. The van der Waals surface area contributed by atoms with E-state index in [1.165, 1.54) is 17.2 Å². The molecule has 2 aromatic carbocycles. The molecular formula is C16H17BrN2O2. The molecule has 0 saturated heterocycles. The summed E-state index contributed by atoms with van der Waals surface area (Å²) in [6, 6.07) is 11.4. The van der Waals surface area contributed by atoms with Crippen LogP contribution in [-0.4, -0.2) is 4.92 Å². The first kappa shape index (κ1) is 15.7. The number of nitro groups is 1. The van der Waals surface area contributed by atoms with E-state index in [0.717, 1.165) is 22.1 Å². The van der Waals surface area contributed by atoms with Gasteiger partial charge < -0.3 is 5.32 Å². The standard InChI is InChI=1S/C16H17BrN2O2/c1-11-8-13(6-7-15(11)17)9-18-10-14-4-3-5-16(12(14)2)19(20)21/h3-8,18H,9-10H2,1-2H3. The van der Waals surface area contributed by atoms with Crippen LogP contribution in [0.15, 0.2) is 40.9 Å². The van der Waals surface area contributed by atoms with Crippen molar-refractivity contribution in [2.45, 2.75) is 26.9 Å². The van der Waals surface area contributed by atoms with Crippen molar-refractivity contribution >= 4 is 21.6 Å². The van der Waals surface area contributed by atoms with E-state index in [1.807, 2.05) is 12.1 Å². The van der Waals surface area contributed by atoms with E-state index in [9.17, 15) is 10.1 Å². The lowest BCUT2D eigenvalue weighted by Crippen LogP contribution is -2.14. The van der Waals surface area contributed by atoms with Gasteiger partial charge in [-0.3, -0.25) is 10.1 Å². The largest absolute Gasteiger partial charge is 0.309 e. The van der Waals surface area contributed by atoms with Crippen LogP contribution >= 0.6 is 15.9 Å². The molecule has 4 nitrogen and oxygen atoms in total. The molecule has 0 saturated carbocycles. The van der Waals surface area contributed by atoms with Gasteiger partial charge in [-0.25, -0.2) is 0 Å². The van der Waals surface area contributed by atoms with E-state index >= 15 is 0 Å². The number of hydrogen-bond acceptors (Lipinski definition) is 3. The third-order valence-electron chi connectivity index (χ3n) is 3.48. The molecule has 0 unspecified atom stereocenters. The van der Waals surface area contributed by atoms with Crippen LogP contribution in [-0.2, 0) is 13.1 Å². The van der Waals surface area contributed by atoms with Crippen LogP contribution in [0.3, 0.4) is 0 Å². The van der Waals surface area contributed by atoms with Gasteiger partial charge in [0.1, 0.15) is 0 Å². The summed E-state index contributed by atoms with van der Waals surface area (Å²) in [6.07, 6.45) is 0. The second-order valence-electron chi connectivity index (χ2n) is 5.01. The summed E-state index contributed by atoms with van der Waals surface area (Å²) in [5.41, 5.74) is 4.24. The van der Waals surface area contributed by atoms with Crippen molar-refractivity contribution in [1.82, 2.24) is 5.32 Å². The van der Waals surface area contributed by atoms with E-state index in [1.54, 1.807) is 13.0 Å². The van der Waals surface area contributed by atoms with Crippen LogP contribution in [0.5, 0.6) is 0 Å². The first-order chi connectivity index (χ1) is 9.99. The molecule has 2 aromatic rings. The zero-order valence-electron chi connectivity index (χ0n) is 12.0. The fraction of sp³-hybridized carbons (Fsp3) is 0.250. The van der Waals surface area contributed by atoms with E-state index in [-0.39, 0.29) is 10.6 Å². The van der Waals surface area contributed by atoms with Gasteiger partial charge in [0.05, 0.1) is 4.92 Å². The average molecular weight is 349 g/mol. The Morgan fingerprint density at radius 2 is 1.95 bits per heavy atom. The first-order valence-electron chi connectivity index (χ1n) is 6.67. The van der Waals surface area contributed by atoms with Crippen molar-refractivity contribution in [2.75, 3.05) is 0 Å². The number of nitro benzene ring substituents is 1. The number of nitrogens with one attached hydrogen (secondary N) is 1. The number of aryl methyl sites for hydroxylation is 1. The Hall–Kier alpha value is -1.72. The van der Waals surface area contributed by atoms with Gasteiger partial charge in [-0.15, -0.1) is 0 Å². The molecule has 0 heterocycles. The zero-order chi connectivity index (χ0) is 15.4. The molecule has 0 aliphatic heterocycles. The summed E-state index contributed by atoms with van der Waals surface area (Å²) in [6.45, 7) is 5.19. The van der Waals surface area contributed by atoms with Crippen LogP contribution in [0.1, 0.15) is 22.3 Å². The van der Waals surface area contributed by atoms with E-state index < -0.39 is 0 Å². The molecule has 2 rings (SSSR count). The molecule has 0 aliphatic rings. The SMILES string of the molecule is Cc1cc(CNCc2cccc([N+](=O)[O-])c2C)ccc1Br. The summed E-state index contributed by atoms with van der Waals surface area (Å²) in [5, 5.41) is 14.3. The Labute approximate surface area is 132 Å². The Kier molecular flexibility index (Phi) is 5.09.